The second kappa shape index (κ2) is 6.16. The maximum Gasteiger partial charge on any atom is 0.277 e. The Kier molecular flexibility index (Phi) is 3.86. The van der Waals surface area contributed by atoms with Gasteiger partial charge in [0.05, 0.1) is 24.2 Å². The van der Waals surface area contributed by atoms with E-state index in [9.17, 15) is 4.79 Å². The third-order valence-electron chi connectivity index (χ3n) is 3.83. The first-order chi connectivity index (χ1) is 11.7. The van der Waals surface area contributed by atoms with Crippen LogP contribution in [0, 0.1) is 6.92 Å². The summed E-state index contributed by atoms with van der Waals surface area (Å²) in [6.07, 6.45) is 2.42. The van der Waals surface area contributed by atoms with Gasteiger partial charge in [0.15, 0.2) is 5.78 Å². The lowest BCUT2D eigenvalue weighted by molar-refractivity contribution is 0.102. The zero-order chi connectivity index (χ0) is 16.5. The van der Waals surface area contributed by atoms with Crippen LogP contribution in [0.2, 0.25) is 0 Å². The summed E-state index contributed by atoms with van der Waals surface area (Å²) in [6, 6.07) is 7.32. The van der Waals surface area contributed by atoms with Gasteiger partial charge in [-0.05, 0) is 36.8 Å². The van der Waals surface area contributed by atoms with E-state index in [0.29, 0.717) is 29.0 Å². The van der Waals surface area contributed by atoms with Crippen molar-refractivity contribution in [2.75, 3.05) is 12.4 Å². The monoisotopic (exact) mass is 342 g/mol. The predicted octanol–water partition coefficient (Wildman–Crippen LogP) is 3.55. The Morgan fingerprint density at radius 3 is 3.04 bits per heavy atom. The largest absolute Gasteiger partial charge is 0.493 e. The summed E-state index contributed by atoms with van der Waals surface area (Å²) in [5, 5.41) is 8.33. The van der Waals surface area contributed by atoms with Crippen molar-refractivity contribution in [1.82, 2.24) is 10.2 Å². The molecule has 0 fully saturated rings. The summed E-state index contributed by atoms with van der Waals surface area (Å²) in [4.78, 5) is 12.3. The number of ketones is 1. The Hall–Kier alpha value is -2.54. The minimum atomic E-state index is 0.0222. The van der Waals surface area contributed by atoms with Gasteiger partial charge in [-0.2, -0.15) is 0 Å². The van der Waals surface area contributed by atoms with Crippen LogP contribution in [-0.4, -0.2) is 28.3 Å². The maximum atomic E-state index is 12.3. The van der Waals surface area contributed by atoms with Crippen LogP contribution < -0.4 is 4.74 Å². The summed E-state index contributed by atoms with van der Waals surface area (Å²) in [5.74, 6) is 2.24. The molecule has 0 radical (unpaired) electrons. The molecule has 0 aliphatic carbocycles. The minimum absolute atomic E-state index is 0.0222. The molecule has 0 spiro atoms. The van der Waals surface area contributed by atoms with Crippen LogP contribution in [0.5, 0.6) is 5.75 Å². The van der Waals surface area contributed by atoms with Crippen LogP contribution in [-0.2, 0) is 6.42 Å². The standard InChI is InChI=1S/C17H14N2O4S/c1-10-13(5-7-21-10)16-18-19-17(23-16)24-9-14(20)11-2-3-15-12(8-11)4-6-22-15/h2-3,5,7-8H,4,6,9H2,1H3. The van der Waals surface area contributed by atoms with E-state index in [-0.39, 0.29) is 11.5 Å². The zero-order valence-corrected chi connectivity index (χ0v) is 13.8. The Bertz CT molecular complexity index is 900. The van der Waals surface area contributed by atoms with Gasteiger partial charge in [-0.25, -0.2) is 0 Å². The fraction of sp³-hybridized carbons (Fsp3) is 0.235. The van der Waals surface area contributed by atoms with Gasteiger partial charge in [0.25, 0.3) is 11.1 Å². The summed E-state index contributed by atoms with van der Waals surface area (Å²) < 4.78 is 16.3. The van der Waals surface area contributed by atoms with Crippen LogP contribution in [0.1, 0.15) is 21.7 Å². The maximum absolute atomic E-state index is 12.3. The lowest BCUT2D eigenvalue weighted by atomic mass is 10.1. The molecule has 2 aromatic heterocycles. The van der Waals surface area contributed by atoms with E-state index < -0.39 is 0 Å². The van der Waals surface area contributed by atoms with Crippen molar-refractivity contribution in [2.45, 2.75) is 18.6 Å². The minimum Gasteiger partial charge on any atom is -0.493 e. The molecule has 24 heavy (non-hydrogen) atoms. The van der Waals surface area contributed by atoms with Gasteiger partial charge in [-0.3, -0.25) is 4.79 Å². The molecule has 7 heteroatoms. The predicted molar refractivity (Wildman–Crippen MR) is 87.4 cm³/mol. The van der Waals surface area contributed by atoms with Gasteiger partial charge in [0.1, 0.15) is 11.5 Å². The van der Waals surface area contributed by atoms with Gasteiger partial charge in [0, 0.05) is 12.0 Å². The van der Waals surface area contributed by atoms with E-state index in [2.05, 4.69) is 10.2 Å². The van der Waals surface area contributed by atoms with Crippen LogP contribution in [0.3, 0.4) is 0 Å². The van der Waals surface area contributed by atoms with Gasteiger partial charge < -0.3 is 13.6 Å². The number of rotatable bonds is 5. The highest BCUT2D eigenvalue weighted by molar-refractivity contribution is 7.99. The molecule has 1 aromatic carbocycles. The topological polar surface area (TPSA) is 78.4 Å². The first kappa shape index (κ1) is 15.0. The molecular weight excluding hydrogens is 328 g/mol. The highest BCUT2D eigenvalue weighted by Crippen LogP contribution is 2.28. The molecule has 0 unspecified atom stereocenters. The summed E-state index contributed by atoms with van der Waals surface area (Å²) in [7, 11) is 0. The molecule has 6 nitrogen and oxygen atoms in total. The molecule has 1 aliphatic heterocycles. The third kappa shape index (κ3) is 2.82. The zero-order valence-electron chi connectivity index (χ0n) is 12.9. The van der Waals surface area contributed by atoms with Crippen molar-refractivity contribution in [3.05, 3.63) is 47.4 Å². The molecule has 1 aliphatic rings. The number of thioether (sulfide) groups is 1. The molecule has 0 saturated heterocycles. The van der Waals surface area contributed by atoms with E-state index in [1.165, 1.54) is 11.8 Å². The number of hydrogen-bond donors (Lipinski definition) is 0. The lowest BCUT2D eigenvalue weighted by Crippen LogP contribution is -2.02. The first-order valence-electron chi connectivity index (χ1n) is 7.50. The number of hydrogen-bond acceptors (Lipinski definition) is 7. The van der Waals surface area contributed by atoms with Gasteiger partial charge in [-0.1, -0.05) is 11.8 Å². The second-order valence-electron chi connectivity index (χ2n) is 5.40. The number of fused-ring (bicyclic) bond motifs is 1. The number of aryl methyl sites for hydroxylation is 1. The molecule has 0 saturated carbocycles. The van der Waals surface area contributed by atoms with Crippen molar-refractivity contribution < 1.29 is 18.4 Å². The highest BCUT2D eigenvalue weighted by atomic mass is 32.2. The molecule has 3 heterocycles. The smallest absolute Gasteiger partial charge is 0.277 e. The van der Waals surface area contributed by atoms with Crippen LogP contribution in [0.4, 0.5) is 0 Å². The molecule has 0 amide bonds. The molecule has 0 bridgehead atoms. The lowest BCUT2D eigenvalue weighted by Gasteiger charge is -2.02. The van der Waals surface area contributed by atoms with E-state index in [4.69, 9.17) is 13.6 Å². The Morgan fingerprint density at radius 2 is 2.21 bits per heavy atom. The van der Waals surface area contributed by atoms with Crippen LogP contribution in [0.25, 0.3) is 11.5 Å². The summed E-state index contributed by atoms with van der Waals surface area (Å²) in [5.41, 5.74) is 2.53. The van der Waals surface area contributed by atoms with E-state index in [0.717, 1.165) is 23.3 Å². The quantitative estimate of drug-likeness (QED) is 0.518. The Labute approximate surface area is 142 Å². The highest BCUT2D eigenvalue weighted by Gasteiger charge is 2.17. The van der Waals surface area contributed by atoms with Crippen molar-refractivity contribution >= 4 is 17.5 Å². The van der Waals surface area contributed by atoms with Gasteiger partial charge in [0.2, 0.25) is 0 Å². The van der Waals surface area contributed by atoms with Crippen molar-refractivity contribution in [2.24, 2.45) is 0 Å². The number of furan rings is 1. The Balaban J connectivity index is 1.43. The molecule has 3 aromatic rings. The van der Waals surface area contributed by atoms with E-state index >= 15 is 0 Å². The van der Waals surface area contributed by atoms with Crippen molar-refractivity contribution in [3.63, 3.8) is 0 Å². The average Bonchev–Trinajstić information content (AvgIpc) is 3.31. The van der Waals surface area contributed by atoms with Gasteiger partial charge in [-0.15, -0.1) is 10.2 Å². The van der Waals surface area contributed by atoms with Crippen molar-refractivity contribution in [1.29, 1.82) is 0 Å². The SMILES string of the molecule is Cc1occc1-c1nnc(SCC(=O)c2ccc3c(c2)CCO3)o1. The van der Waals surface area contributed by atoms with Crippen molar-refractivity contribution in [3.8, 4) is 17.2 Å². The van der Waals surface area contributed by atoms with E-state index in [1.807, 2.05) is 19.1 Å². The fourth-order valence-corrected chi connectivity index (χ4v) is 3.21. The molecule has 0 atom stereocenters. The Morgan fingerprint density at radius 1 is 1.29 bits per heavy atom. The molecule has 0 N–H and O–H groups in total. The third-order valence-corrected chi connectivity index (χ3v) is 4.65. The molecular formula is C17H14N2O4S. The first-order valence-corrected chi connectivity index (χ1v) is 8.49. The normalized spacial score (nSPS) is 12.9. The van der Waals surface area contributed by atoms with Crippen LogP contribution >= 0.6 is 11.8 Å². The second-order valence-corrected chi connectivity index (χ2v) is 6.32. The number of benzene rings is 1. The summed E-state index contributed by atoms with van der Waals surface area (Å²) in [6.45, 7) is 2.51. The van der Waals surface area contributed by atoms with Gasteiger partial charge >= 0.3 is 0 Å². The van der Waals surface area contributed by atoms with E-state index in [1.54, 1.807) is 18.4 Å². The number of Topliss-reactive ketones (excluding diaryl/α,β-unsaturated/α-hetero) is 1. The number of carbonyl (C=O) groups is 1. The number of carbonyl (C=O) groups excluding carboxylic acids is 1. The number of aromatic nitrogens is 2. The van der Waals surface area contributed by atoms with Crippen LogP contribution in [0.15, 0.2) is 44.6 Å². The number of nitrogens with zero attached hydrogens (tertiary/aromatic N) is 2. The fourth-order valence-electron chi connectivity index (χ4n) is 2.55. The summed E-state index contributed by atoms with van der Waals surface area (Å²) >= 11 is 1.23. The molecule has 4 rings (SSSR count). The molecule has 122 valence electrons. The number of ether oxygens (including phenoxy) is 1. The average molecular weight is 342 g/mol.